The lowest BCUT2D eigenvalue weighted by molar-refractivity contribution is 0.541. The summed E-state index contributed by atoms with van der Waals surface area (Å²) >= 11 is 6.15. The Hall–Kier alpha value is -1.45. The van der Waals surface area contributed by atoms with Gasteiger partial charge in [-0.25, -0.2) is 8.78 Å². The molecule has 21 heavy (non-hydrogen) atoms. The standard InChI is InChI=1S/C17H18ClF2N/c1-4-21-17(12-6-5-10(2)14(18)8-12)13-9-15(19)11(3)7-16(13)20/h5-9,17,21H,4H2,1-3H3. The van der Waals surface area contributed by atoms with E-state index in [0.29, 0.717) is 22.7 Å². The van der Waals surface area contributed by atoms with Crippen molar-refractivity contribution in [2.24, 2.45) is 0 Å². The van der Waals surface area contributed by atoms with Crippen LogP contribution in [-0.4, -0.2) is 6.54 Å². The smallest absolute Gasteiger partial charge is 0.128 e. The lowest BCUT2D eigenvalue weighted by atomic mass is 9.96. The van der Waals surface area contributed by atoms with Gasteiger partial charge in [-0.2, -0.15) is 0 Å². The van der Waals surface area contributed by atoms with Gasteiger partial charge in [-0.15, -0.1) is 0 Å². The fraction of sp³-hybridized carbons (Fsp3) is 0.294. The Morgan fingerprint density at radius 2 is 1.76 bits per heavy atom. The first-order valence-electron chi connectivity index (χ1n) is 6.89. The summed E-state index contributed by atoms with van der Waals surface area (Å²) < 4.78 is 28.0. The van der Waals surface area contributed by atoms with Crippen molar-refractivity contribution < 1.29 is 8.78 Å². The van der Waals surface area contributed by atoms with Crippen molar-refractivity contribution in [2.75, 3.05) is 6.54 Å². The maximum Gasteiger partial charge on any atom is 0.128 e. The van der Waals surface area contributed by atoms with Crippen LogP contribution in [0.3, 0.4) is 0 Å². The highest BCUT2D eigenvalue weighted by molar-refractivity contribution is 6.31. The number of benzene rings is 2. The number of hydrogen-bond donors (Lipinski definition) is 1. The van der Waals surface area contributed by atoms with E-state index in [2.05, 4.69) is 5.32 Å². The highest BCUT2D eigenvalue weighted by atomic mass is 35.5. The second-order valence-electron chi connectivity index (χ2n) is 5.12. The molecule has 1 atom stereocenters. The first-order chi connectivity index (χ1) is 9.93. The van der Waals surface area contributed by atoms with Gasteiger partial charge in [-0.05, 0) is 55.3 Å². The normalized spacial score (nSPS) is 12.5. The zero-order chi connectivity index (χ0) is 15.6. The zero-order valence-corrected chi connectivity index (χ0v) is 13.1. The van der Waals surface area contributed by atoms with Crippen LogP contribution in [0.15, 0.2) is 30.3 Å². The van der Waals surface area contributed by atoms with Gasteiger partial charge in [0.1, 0.15) is 11.6 Å². The van der Waals surface area contributed by atoms with E-state index in [9.17, 15) is 8.78 Å². The molecule has 112 valence electrons. The van der Waals surface area contributed by atoms with E-state index in [1.807, 2.05) is 26.0 Å². The molecule has 0 fully saturated rings. The van der Waals surface area contributed by atoms with E-state index in [4.69, 9.17) is 11.6 Å². The predicted molar refractivity (Wildman–Crippen MR) is 82.8 cm³/mol. The molecule has 0 bridgehead atoms. The SMILES string of the molecule is CCNC(c1ccc(C)c(Cl)c1)c1cc(F)c(C)cc1F. The molecule has 0 saturated carbocycles. The molecular formula is C17H18ClF2N. The van der Waals surface area contributed by atoms with Crippen molar-refractivity contribution >= 4 is 11.6 Å². The van der Waals surface area contributed by atoms with E-state index < -0.39 is 17.7 Å². The Balaban J connectivity index is 2.52. The van der Waals surface area contributed by atoms with E-state index in [1.54, 1.807) is 13.0 Å². The average Bonchev–Trinajstić information content (AvgIpc) is 2.44. The highest BCUT2D eigenvalue weighted by Crippen LogP contribution is 2.29. The topological polar surface area (TPSA) is 12.0 Å². The molecule has 0 aliphatic heterocycles. The van der Waals surface area contributed by atoms with Crippen molar-refractivity contribution in [1.29, 1.82) is 0 Å². The third-order valence-electron chi connectivity index (χ3n) is 3.53. The first-order valence-corrected chi connectivity index (χ1v) is 7.26. The third kappa shape index (κ3) is 3.42. The molecule has 1 nitrogen and oxygen atoms in total. The van der Waals surface area contributed by atoms with Gasteiger partial charge in [0.05, 0.1) is 6.04 Å². The summed E-state index contributed by atoms with van der Waals surface area (Å²) in [4.78, 5) is 0. The fourth-order valence-corrected chi connectivity index (χ4v) is 2.47. The molecule has 0 aliphatic rings. The van der Waals surface area contributed by atoms with Crippen LogP contribution in [0.1, 0.15) is 35.2 Å². The number of rotatable bonds is 4. The highest BCUT2D eigenvalue weighted by Gasteiger charge is 2.19. The van der Waals surface area contributed by atoms with Crippen LogP contribution < -0.4 is 5.32 Å². The number of hydrogen-bond acceptors (Lipinski definition) is 1. The average molecular weight is 310 g/mol. The Kier molecular flexibility index (Phi) is 4.96. The number of aryl methyl sites for hydroxylation is 2. The van der Waals surface area contributed by atoms with Gasteiger partial charge in [0.25, 0.3) is 0 Å². The van der Waals surface area contributed by atoms with E-state index in [0.717, 1.165) is 11.1 Å². The van der Waals surface area contributed by atoms with Gasteiger partial charge in [0, 0.05) is 10.6 Å². The molecule has 0 aliphatic carbocycles. The van der Waals surface area contributed by atoms with Crippen LogP contribution in [0.2, 0.25) is 5.02 Å². The van der Waals surface area contributed by atoms with Gasteiger partial charge in [0.2, 0.25) is 0 Å². The second-order valence-corrected chi connectivity index (χ2v) is 5.53. The van der Waals surface area contributed by atoms with Crippen LogP contribution in [0.5, 0.6) is 0 Å². The molecule has 2 rings (SSSR count). The van der Waals surface area contributed by atoms with E-state index >= 15 is 0 Å². The number of halogens is 3. The van der Waals surface area contributed by atoms with Crippen LogP contribution in [0, 0.1) is 25.5 Å². The van der Waals surface area contributed by atoms with Gasteiger partial charge < -0.3 is 5.32 Å². The summed E-state index contributed by atoms with van der Waals surface area (Å²) in [7, 11) is 0. The summed E-state index contributed by atoms with van der Waals surface area (Å²) in [5.74, 6) is -0.830. The van der Waals surface area contributed by atoms with Crippen molar-refractivity contribution in [3.63, 3.8) is 0 Å². The van der Waals surface area contributed by atoms with E-state index in [-0.39, 0.29) is 0 Å². The largest absolute Gasteiger partial charge is 0.306 e. The Labute approximate surface area is 128 Å². The molecule has 0 spiro atoms. The maximum atomic E-state index is 14.2. The Morgan fingerprint density at radius 1 is 1.05 bits per heavy atom. The molecule has 0 radical (unpaired) electrons. The van der Waals surface area contributed by atoms with Gasteiger partial charge in [-0.1, -0.05) is 30.7 Å². The van der Waals surface area contributed by atoms with Gasteiger partial charge in [-0.3, -0.25) is 0 Å². The third-order valence-corrected chi connectivity index (χ3v) is 3.93. The molecule has 0 amide bonds. The van der Waals surface area contributed by atoms with Gasteiger partial charge in [0.15, 0.2) is 0 Å². The number of nitrogens with one attached hydrogen (secondary N) is 1. The lowest BCUT2D eigenvalue weighted by Gasteiger charge is -2.21. The van der Waals surface area contributed by atoms with Crippen LogP contribution in [0.4, 0.5) is 8.78 Å². The predicted octanol–water partition coefficient (Wildman–Crippen LogP) is 4.93. The van der Waals surface area contributed by atoms with Crippen molar-refractivity contribution in [1.82, 2.24) is 5.32 Å². The van der Waals surface area contributed by atoms with Crippen molar-refractivity contribution in [3.8, 4) is 0 Å². The molecule has 0 aromatic heterocycles. The lowest BCUT2D eigenvalue weighted by Crippen LogP contribution is -2.23. The molecule has 0 heterocycles. The van der Waals surface area contributed by atoms with Crippen LogP contribution in [-0.2, 0) is 0 Å². The summed E-state index contributed by atoms with van der Waals surface area (Å²) in [6.07, 6.45) is 0. The van der Waals surface area contributed by atoms with Crippen LogP contribution >= 0.6 is 11.6 Å². The molecule has 2 aromatic rings. The molecule has 1 unspecified atom stereocenters. The summed E-state index contributed by atoms with van der Waals surface area (Å²) in [5, 5.41) is 3.80. The molecular weight excluding hydrogens is 292 g/mol. The first kappa shape index (κ1) is 15.9. The fourth-order valence-electron chi connectivity index (χ4n) is 2.28. The minimum atomic E-state index is -0.428. The van der Waals surface area contributed by atoms with E-state index in [1.165, 1.54) is 12.1 Å². The minimum Gasteiger partial charge on any atom is -0.306 e. The molecule has 0 saturated heterocycles. The Morgan fingerprint density at radius 3 is 2.38 bits per heavy atom. The maximum absolute atomic E-state index is 14.2. The minimum absolute atomic E-state index is 0.292. The molecule has 4 heteroatoms. The molecule has 1 N–H and O–H groups in total. The summed E-state index contributed by atoms with van der Waals surface area (Å²) in [6, 6.07) is 7.61. The Bertz CT molecular complexity index is 655. The van der Waals surface area contributed by atoms with Crippen molar-refractivity contribution in [3.05, 3.63) is 69.2 Å². The van der Waals surface area contributed by atoms with Crippen molar-refractivity contribution in [2.45, 2.75) is 26.8 Å². The summed E-state index contributed by atoms with van der Waals surface area (Å²) in [6.45, 7) is 6.00. The van der Waals surface area contributed by atoms with Crippen LogP contribution in [0.25, 0.3) is 0 Å². The van der Waals surface area contributed by atoms with Gasteiger partial charge >= 0.3 is 0 Å². The summed E-state index contributed by atoms with van der Waals surface area (Å²) in [5.41, 5.74) is 2.36. The zero-order valence-electron chi connectivity index (χ0n) is 12.3. The monoisotopic (exact) mass is 309 g/mol. The second kappa shape index (κ2) is 6.54. The quantitative estimate of drug-likeness (QED) is 0.844. The molecule has 2 aromatic carbocycles.